The Morgan fingerprint density at radius 2 is 1.07 bits per heavy atom. The summed E-state index contributed by atoms with van der Waals surface area (Å²) in [6, 6.07) is 62.0. The first-order valence-corrected chi connectivity index (χ1v) is 18.8. The summed E-state index contributed by atoms with van der Waals surface area (Å²) in [6.07, 6.45) is 0. The van der Waals surface area contributed by atoms with Gasteiger partial charge in [0.2, 0.25) is 0 Å². The van der Waals surface area contributed by atoms with E-state index >= 15 is 0 Å². The number of aromatic nitrogens is 2. The van der Waals surface area contributed by atoms with E-state index < -0.39 is 0 Å². The molecule has 262 valence electrons. The molecule has 56 heavy (non-hydrogen) atoms. The molecule has 4 heteroatoms. The lowest BCUT2D eigenvalue weighted by molar-refractivity contribution is 1.12. The molecule has 0 aliphatic heterocycles. The number of rotatable bonds is 5. The molecular weight excluding hydrogens is 681 g/mol. The number of aryl methyl sites for hydroxylation is 2. The summed E-state index contributed by atoms with van der Waals surface area (Å²) in [5.41, 5.74) is 16.1. The van der Waals surface area contributed by atoms with E-state index in [-0.39, 0.29) is 0 Å². The second-order valence-corrected chi connectivity index (χ2v) is 14.5. The molecule has 0 saturated heterocycles. The van der Waals surface area contributed by atoms with Crippen LogP contribution in [0.2, 0.25) is 0 Å². The molecule has 0 unspecified atom stereocenters. The van der Waals surface area contributed by atoms with Crippen LogP contribution in [0.25, 0.3) is 93.2 Å². The Hall–Kier alpha value is -7.66. The van der Waals surface area contributed by atoms with Crippen molar-refractivity contribution in [3.05, 3.63) is 198 Å². The zero-order chi connectivity index (χ0) is 37.9. The Morgan fingerprint density at radius 3 is 1.68 bits per heavy atom. The van der Waals surface area contributed by atoms with Gasteiger partial charge in [0, 0.05) is 32.8 Å². The summed E-state index contributed by atoms with van der Waals surface area (Å²) in [5, 5.41) is 14.4. The average Bonchev–Trinajstić information content (AvgIpc) is 3.75. The topological polar surface area (TPSA) is 38.0 Å². The van der Waals surface area contributed by atoms with Crippen LogP contribution in [0.15, 0.2) is 170 Å². The van der Waals surface area contributed by atoms with Crippen LogP contribution in [0, 0.1) is 31.8 Å². The number of hydrogen-bond acceptors (Lipinski definition) is 1. The molecule has 8 aromatic carbocycles. The van der Waals surface area contributed by atoms with Gasteiger partial charge in [-0.2, -0.15) is 5.26 Å². The SMILES string of the molecule is [C-]#[N+]c1cc(C#N)ccc1-c1cc(-n2c3ccc(-c4ccccc4)cc3c3cc(-c4ccccc4)ccc32)cc2c3ccccc3n(-c3c(C)cccc3C)c12. The quantitative estimate of drug-likeness (QED) is 0.164. The minimum absolute atomic E-state index is 0.447. The van der Waals surface area contributed by atoms with Gasteiger partial charge in [0.1, 0.15) is 0 Å². The maximum atomic E-state index is 9.83. The number of nitriles is 1. The van der Waals surface area contributed by atoms with Gasteiger partial charge in [-0.05, 0) is 113 Å². The summed E-state index contributed by atoms with van der Waals surface area (Å²) in [7, 11) is 0. The zero-order valence-electron chi connectivity index (χ0n) is 31.0. The Kier molecular flexibility index (Phi) is 7.66. The van der Waals surface area contributed by atoms with Gasteiger partial charge in [-0.15, -0.1) is 0 Å². The maximum absolute atomic E-state index is 9.83. The molecule has 0 radical (unpaired) electrons. The van der Waals surface area contributed by atoms with Gasteiger partial charge in [-0.1, -0.05) is 115 Å². The lowest BCUT2D eigenvalue weighted by atomic mass is 9.97. The molecule has 0 N–H and O–H groups in total. The van der Waals surface area contributed by atoms with Gasteiger partial charge in [0.05, 0.1) is 40.4 Å². The predicted molar refractivity (Wildman–Crippen MR) is 232 cm³/mol. The van der Waals surface area contributed by atoms with Gasteiger partial charge in [-0.25, -0.2) is 4.85 Å². The van der Waals surface area contributed by atoms with Crippen molar-refractivity contribution in [1.82, 2.24) is 9.13 Å². The van der Waals surface area contributed by atoms with Crippen LogP contribution in [-0.2, 0) is 0 Å². The highest BCUT2D eigenvalue weighted by Crippen LogP contribution is 2.45. The summed E-state index contributed by atoms with van der Waals surface area (Å²) >= 11 is 0. The third kappa shape index (κ3) is 5.12. The fraction of sp³-hybridized carbons (Fsp3) is 0.0385. The molecular formula is C52H34N4. The third-order valence-electron chi connectivity index (χ3n) is 11.2. The molecule has 0 spiro atoms. The molecule has 2 aromatic heterocycles. The average molecular weight is 715 g/mol. The summed E-state index contributed by atoms with van der Waals surface area (Å²) in [4.78, 5) is 4.01. The van der Waals surface area contributed by atoms with E-state index in [1.54, 1.807) is 6.07 Å². The van der Waals surface area contributed by atoms with Crippen LogP contribution in [0.3, 0.4) is 0 Å². The Morgan fingerprint density at radius 1 is 0.482 bits per heavy atom. The van der Waals surface area contributed by atoms with Gasteiger partial charge in [0.15, 0.2) is 5.69 Å². The largest absolute Gasteiger partial charge is 0.309 e. The van der Waals surface area contributed by atoms with E-state index in [2.05, 4.69) is 186 Å². The first-order chi connectivity index (χ1) is 27.5. The third-order valence-corrected chi connectivity index (χ3v) is 11.2. The minimum atomic E-state index is 0.447. The van der Waals surface area contributed by atoms with Crippen molar-refractivity contribution in [1.29, 1.82) is 5.26 Å². The number of hydrogen-bond donors (Lipinski definition) is 0. The molecule has 0 amide bonds. The Labute approximate surface area is 325 Å². The lowest BCUT2D eigenvalue weighted by Gasteiger charge is -2.18. The van der Waals surface area contributed by atoms with Crippen molar-refractivity contribution in [2.24, 2.45) is 0 Å². The molecule has 2 heterocycles. The van der Waals surface area contributed by atoms with Crippen molar-refractivity contribution in [2.75, 3.05) is 0 Å². The molecule has 0 aliphatic carbocycles. The Bertz CT molecular complexity index is 3160. The normalized spacial score (nSPS) is 11.4. The van der Waals surface area contributed by atoms with Crippen molar-refractivity contribution >= 4 is 49.3 Å². The van der Waals surface area contributed by atoms with E-state index in [9.17, 15) is 5.26 Å². The molecule has 0 saturated carbocycles. The number of benzene rings is 8. The highest BCUT2D eigenvalue weighted by molar-refractivity contribution is 6.17. The second kappa shape index (κ2) is 13.0. The molecule has 0 atom stereocenters. The van der Waals surface area contributed by atoms with Gasteiger partial charge in [0.25, 0.3) is 0 Å². The van der Waals surface area contributed by atoms with Crippen LogP contribution in [0.5, 0.6) is 0 Å². The fourth-order valence-corrected chi connectivity index (χ4v) is 8.65. The van der Waals surface area contributed by atoms with Crippen molar-refractivity contribution in [3.8, 4) is 50.8 Å². The Balaban J connectivity index is 1.35. The smallest absolute Gasteiger partial charge is 0.196 e. The van der Waals surface area contributed by atoms with Crippen LogP contribution >= 0.6 is 0 Å². The van der Waals surface area contributed by atoms with Crippen LogP contribution in [0.1, 0.15) is 16.7 Å². The second-order valence-electron chi connectivity index (χ2n) is 14.5. The summed E-state index contributed by atoms with van der Waals surface area (Å²) in [6.45, 7) is 12.6. The molecule has 10 aromatic rings. The van der Waals surface area contributed by atoms with Crippen LogP contribution in [0.4, 0.5) is 5.69 Å². The van der Waals surface area contributed by atoms with Crippen molar-refractivity contribution in [2.45, 2.75) is 13.8 Å². The van der Waals surface area contributed by atoms with Gasteiger partial charge >= 0.3 is 0 Å². The number of fused-ring (bicyclic) bond motifs is 6. The van der Waals surface area contributed by atoms with E-state index in [0.29, 0.717) is 11.3 Å². The van der Waals surface area contributed by atoms with E-state index in [1.165, 1.54) is 33.0 Å². The predicted octanol–water partition coefficient (Wildman–Crippen LogP) is 13.9. The van der Waals surface area contributed by atoms with E-state index in [4.69, 9.17) is 6.57 Å². The van der Waals surface area contributed by atoms with E-state index in [1.807, 2.05) is 12.1 Å². The fourth-order valence-electron chi connectivity index (χ4n) is 8.65. The lowest BCUT2D eigenvalue weighted by Crippen LogP contribution is -2.02. The highest BCUT2D eigenvalue weighted by Gasteiger charge is 2.23. The van der Waals surface area contributed by atoms with Gasteiger partial charge < -0.3 is 9.13 Å². The maximum Gasteiger partial charge on any atom is 0.196 e. The molecule has 0 bridgehead atoms. The van der Waals surface area contributed by atoms with E-state index in [0.717, 1.165) is 66.5 Å². The molecule has 10 rings (SSSR count). The van der Waals surface area contributed by atoms with Gasteiger partial charge in [-0.3, -0.25) is 0 Å². The zero-order valence-corrected chi connectivity index (χ0v) is 31.0. The van der Waals surface area contributed by atoms with Crippen LogP contribution < -0.4 is 0 Å². The summed E-state index contributed by atoms with van der Waals surface area (Å²) in [5.74, 6) is 0. The van der Waals surface area contributed by atoms with Crippen molar-refractivity contribution in [3.63, 3.8) is 0 Å². The number of para-hydroxylation sites is 2. The molecule has 4 nitrogen and oxygen atoms in total. The summed E-state index contributed by atoms with van der Waals surface area (Å²) < 4.78 is 4.76. The monoisotopic (exact) mass is 714 g/mol. The molecule has 0 aliphatic rings. The standard InChI is InChI=1S/C52H34N4/c1-33-13-12-14-34(2)51(33)56-48-20-11-10-19-42(48)46-31-40(30-45(52(46)56)41-24-21-35(32-53)27-47(41)54-3)55-49-25-22-38(36-15-6-4-7-16-36)28-43(49)44-29-39(23-26-50(44)55)37-17-8-5-9-18-37/h4-31H,1-2H3. The van der Waals surface area contributed by atoms with Crippen molar-refractivity contribution < 1.29 is 0 Å². The molecule has 0 fully saturated rings. The highest BCUT2D eigenvalue weighted by atomic mass is 15.0. The van der Waals surface area contributed by atoms with Crippen LogP contribution in [-0.4, -0.2) is 9.13 Å². The number of nitrogens with zero attached hydrogens (tertiary/aromatic N) is 4. The first kappa shape index (κ1) is 32.9. The first-order valence-electron chi connectivity index (χ1n) is 18.8. The minimum Gasteiger partial charge on any atom is -0.309 e.